The molecule has 2 aliphatic rings. The molecule has 1 aromatic carbocycles. The molecule has 3 atom stereocenters. The summed E-state index contributed by atoms with van der Waals surface area (Å²) in [6, 6.07) is 5.31. The van der Waals surface area contributed by atoms with Crippen molar-refractivity contribution in [2.75, 3.05) is 38.6 Å². The van der Waals surface area contributed by atoms with Gasteiger partial charge in [-0.2, -0.15) is 0 Å². The van der Waals surface area contributed by atoms with Gasteiger partial charge in [0.05, 0.1) is 28.0 Å². The van der Waals surface area contributed by atoms with Gasteiger partial charge in [0.25, 0.3) is 0 Å². The fraction of sp³-hybridized carbons (Fsp3) is 0.519. The van der Waals surface area contributed by atoms with Crippen LogP contribution in [0.2, 0.25) is 5.02 Å². The Morgan fingerprint density at radius 3 is 2.71 bits per heavy atom. The van der Waals surface area contributed by atoms with Gasteiger partial charge in [-0.3, -0.25) is 4.90 Å². The molecular weight excluding hydrogens is 511 g/mol. The van der Waals surface area contributed by atoms with Gasteiger partial charge in [0, 0.05) is 36.8 Å². The van der Waals surface area contributed by atoms with E-state index in [0.717, 1.165) is 24.0 Å². The molecule has 0 radical (unpaired) electrons. The number of nitrogens with one attached hydrogen (secondary N) is 2. The maximum absolute atomic E-state index is 15.1. The predicted molar refractivity (Wildman–Crippen MR) is 145 cm³/mol. The van der Waals surface area contributed by atoms with Crippen LogP contribution in [-0.2, 0) is 0 Å². The normalized spacial score (nSPS) is 20.6. The van der Waals surface area contributed by atoms with Crippen molar-refractivity contribution in [3.8, 4) is 28.4 Å². The average molecular weight is 545 g/mol. The molecule has 0 amide bonds. The Labute approximate surface area is 226 Å². The van der Waals surface area contributed by atoms with E-state index in [9.17, 15) is 5.11 Å². The molecule has 204 valence electrons. The minimum Gasteiger partial charge on any atom is -0.491 e. The van der Waals surface area contributed by atoms with Gasteiger partial charge in [-0.25, -0.2) is 14.4 Å². The van der Waals surface area contributed by atoms with Crippen molar-refractivity contribution >= 4 is 17.4 Å². The molecule has 9 nitrogen and oxygen atoms in total. The van der Waals surface area contributed by atoms with E-state index in [1.165, 1.54) is 0 Å². The quantitative estimate of drug-likeness (QED) is 0.350. The molecule has 2 fully saturated rings. The molecule has 11 heteroatoms. The predicted octanol–water partition coefficient (Wildman–Crippen LogP) is 3.93. The van der Waals surface area contributed by atoms with Crippen LogP contribution in [0.3, 0.4) is 0 Å². The number of nitrogens with zero attached hydrogens (tertiary/aromatic N) is 4. The topological polar surface area (TPSA) is 109 Å². The summed E-state index contributed by atoms with van der Waals surface area (Å²) in [5.74, 6) is 2.07. The Morgan fingerprint density at radius 2 is 2.03 bits per heavy atom. The number of aliphatic hydroxyl groups excluding tert-OH is 1. The first-order chi connectivity index (χ1) is 18.2. The van der Waals surface area contributed by atoms with E-state index in [-0.39, 0.29) is 12.6 Å². The molecule has 2 aromatic heterocycles. The Bertz CT molecular complexity index is 1280. The molecule has 5 rings (SSSR count). The van der Waals surface area contributed by atoms with Crippen LogP contribution in [0.5, 0.6) is 5.75 Å². The SMILES string of the molecule is CNCC(O)COc1ccc(Cl)c(-c2nc(NC3CN(C4CC4)CC3F)c(C)c(-c3c(C)noc3C)n2)c1. The van der Waals surface area contributed by atoms with Crippen molar-refractivity contribution < 1.29 is 18.8 Å². The summed E-state index contributed by atoms with van der Waals surface area (Å²) in [6.07, 6.45) is 0.608. The second-order valence-corrected chi connectivity index (χ2v) is 10.6. The van der Waals surface area contributed by atoms with Crippen molar-refractivity contribution in [3.05, 3.63) is 40.2 Å². The third-order valence-corrected chi connectivity index (χ3v) is 7.47. The number of alkyl halides is 1. The lowest BCUT2D eigenvalue weighted by molar-refractivity contribution is 0.108. The van der Waals surface area contributed by atoms with Crippen LogP contribution in [0.25, 0.3) is 22.6 Å². The Hall–Kier alpha value is -2.79. The molecule has 0 bridgehead atoms. The summed E-state index contributed by atoms with van der Waals surface area (Å²) in [6.45, 7) is 7.20. The number of likely N-dealkylation sites (N-methyl/N-ethyl adjacent to an activating group) is 1. The van der Waals surface area contributed by atoms with Gasteiger partial charge in [-0.15, -0.1) is 0 Å². The number of hydrogen-bond acceptors (Lipinski definition) is 9. The maximum Gasteiger partial charge on any atom is 0.163 e. The summed E-state index contributed by atoms with van der Waals surface area (Å²) >= 11 is 6.62. The maximum atomic E-state index is 15.1. The van der Waals surface area contributed by atoms with Crippen molar-refractivity contribution in [1.82, 2.24) is 25.3 Å². The first-order valence-corrected chi connectivity index (χ1v) is 13.3. The molecular formula is C27H34ClFN6O3. The second kappa shape index (κ2) is 11.1. The highest BCUT2D eigenvalue weighted by atomic mass is 35.5. The van der Waals surface area contributed by atoms with Gasteiger partial charge in [-0.05, 0) is 58.9 Å². The summed E-state index contributed by atoms with van der Waals surface area (Å²) in [5.41, 5.74) is 3.46. The molecule has 38 heavy (non-hydrogen) atoms. The van der Waals surface area contributed by atoms with E-state index in [1.54, 1.807) is 25.2 Å². The van der Waals surface area contributed by atoms with Gasteiger partial charge in [0.1, 0.15) is 36.2 Å². The zero-order valence-electron chi connectivity index (χ0n) is 22.1. The molecule has 3 unspecified atom stereocenters. The molecule has 1 saturated carbocycles. The summed E-state index contributed by atoms with van der Waals surface area (Å²) in [4.78, 5) is 11.9. The minimum absolute atomic E-state index is 0.116. The third kappa shape index (κ3) is 5.63. The Kier molecular flexibility index (Phi) is 7.85. The van der Waals surface area contributed by atoms with Crippen LogP contribution in [-0.4, -0.2) is 82.8 Å². The molecule has 1 saturated heterocycles. The lowest BCUT2D eigenvalue weighted by atomic mass is 10.0. The smallest absolute Gasteiger partial charge is 0.163 e. The largest absolute Gasteiger partial charge is 0.491 e. The van der Waals surface area contributed by atoms with Gasteiger partial charge in [0.2, 0.25) is 0 Å². The number of hydrogen-bond donors (Lipinski definition) is 3. The zero-order chi connectivity index (χ0) is 27.0. The number of ether oxygens (including phenoxy) is 1. The van der Waals surface area contributed by atoms with Crippen LogP contribution >= 0.6 is 11.6 Å². The number of likely N-dealkylation sites (tertiary alicyclic amines) is 1. The van der Waals surface area contributed by atoms with Crippen LogP contribution in [0.4, 0.5) is 10.2 Å². The number of rotatable bonds is 10. The van der Waals surface area contributed by atoms with Crippen molar-refractivity contribution in [2.45, 2.75) is 58.0 Å². The van der Waals surface area contributed by atoms with E-state index < -0.39 is 12.3 Å². The second-order valence-electron chi connectivity index (χ2n) is 10.2. The third-order valence-electron chi connectivity index (χ3n) is 7.14. The van der Waals surface area contributed by atoms with Crippen LogP contribution in [0.1, 0.15) is 29.9 Å². The highest BCUT2D eigenvalue weighted by molar-refractivity contribution is 6.33. The van der Waals surface area contributed by atoms with Crippen molar-refractivity contribution in [1.29, 1.82) is 0 Å². The number of aromatic nitrogens is 3. The van der Waals surface area contributed by atoms with E-state index >= 15 is 4.39 Å². The molecule has 1 aliphatic carbocycles. The van der Waals surface area contributed by atoms with E-state index in [4.69, 9.17) is 30.8 Å². The Morgan fingerprint density at radius 1 is 1.24 bits per heavy atom. The van der Waals surface area contributed by atoms with Crippen molar-refractivity contribution in [2.24, 2.45) is 0 Å². The number of anilines is 1. The summed E-state index contributed by atoms with van der Waals surface area (Å²) in [5, 5.41) is 20.9. The lowest BCUT2D eigenvalue weighted by Gasteiger charge is -2.20. The zero-order valence-corrected chi connectivity index (χ0v) is 22.8. The highest BCUT2D eigenvalue weighted by Gasteiger charge is 2.40. The summed E-state index contributed by atoms with van der Waals surface area (Å²) < 4.78 is 26.3. The number of halogens is 2. The standard InChI is InChI=1S/C27H34ClFN6O3/c1-14-25(24-15(2)34-38-16(24)3)32-27(20-9-19(7-8-21(20)28)37-13-18(36)10-30-4)33-26(14)31-23-12-35(11-22(23)29)17-5-6-17/h7-9,17-18,22-23,30,36H,5-6,10-13H2,1-4H3,(H,31,32,33). The lowest BCUT2D eigenvalue weighted by Crippen LogP contribution is -2.31. The molecule has 1 aliphatic heterocycles. The molecule has 3 aromatic rings. The van der Waals surface area contributed by atoms with Gasteiger partial charge < -0.3 is 25.0 Å². The van der Waals surface area contributed by atoms with Crippen LogP contribution in [0.15, 0.2) is 22.7 Å². The van der Waals surface area contributed by atoms with E-state index in [0.29, 0.717) is 70.8 Å². The fourth-order valence-electron chi connectivity index (χ4n) is 4.94. The van der Waals surface area contributed by atoms with E-state index in [2.05, 4.69) is 20.7 Å². The highest BCUT2D eigenvalue weighted by Crippen LogP contribution is 2.37. The molecule has 3 N–H and O–H groups in total. The van der Waals surface area contributed by atoms with E-state index in [1.807, 2.05) is 20.8 Å². The van der Waals surface area contributed by atoms with Gasteiger partial charge >= 0.3 is 0 Å². The van der Waals surface area contributed by atoms with Crippen LogP contribution < -0.4 is 15.4 Å². The van der Waals surface area contributed by atoms with Gasteiger partial charge in [0.15, 0.2) is 5.82 Å². The average Bonchev–Trinajstić information content (AvgIpc) is 3.60. The molecule has 0 spiro atoms. The summed E-state index contributed by atoms with van der Waals surface area (Å²) in [7, 11) is 1.76. The fourth-order valence-corrected chi connectivity index (χ4v) is 5.14. The molecule has 3 heterocycles. The first-order valence-electron chi connectivity index (χ1n) is 13.0. The monoisotopic (exact) mass is 544 g/mol. The number of aliphatic hydroxyl groups is 1. The minimum atomic E-state index is -1.000. The first kappa shape index (κ1) is 26.8. The number of aryl methyl sites for hydroxylation is 2. The Balaban J connectivity index is 1.53. The van der Waals surface area contributed by atoms with Crippen LogP contribution in [0, 0.1) is 20.8 Å². The van der Waals surface area contributed by atoms with Crippen molar-refractivity contribution in [3.63, 3.8) is 0 Å². The number of benzene rings is 1. The van der Waals surface area contributed by atoms with Gasteiger partial charge in [-0.1, -0.05) is 16.8 Å².